The van der Waals surface area contributed by atoms with Crippen molar-refractivity contribution in [1.82, 2.24) is 10.2 Å². The third kappa shape index (κ3) is 3.77. The van der Waals surface area contributed by atoms with Gasteiger partial charge in [0.05, 0.1) is 12.2 Å². The first-order valence-corrected chi connectivity index (χ1v) is 8.49. The van der Waals surface area contributed by atoms with Gasteiger partial charge in [-0.25, -0.2) is 0 Å². The zero-order valence-electron chi connectivity index (χ0n) is 14.1. The molecule has 1 saturated carbocycles. The molecule has 1 saturated heterocycles. The van der Waals surface area contributed by atoms with E-state index in [0.717, 1.165) is 32.4 Å². The Bertz CT molecular complexity index is 379. The number of hydrogen-bond acceptors (Lipinski definition) is 4. The first-order chi connectivity index (χ1) is 9.98. The highest BCUT2D eigenvalue weighted by Crippen LogP contribution is 2.38. The van der Waals surface area contributed by atoms with Crippen molar-refractivity contribution in [1.29, 1.82) is 5.26 Å². The Morgan fingerprint density at radius 1 is 1.43 bits per heavy atom. The Morgan fingerprint density at radius 3 is 2.76 bits per heavy atom. The molecular formula is C17H31N3O. The summed E-state index contributed by atoms with van der Waals surface area (Å²) in [4.78, 5) is 2.44. The summed E-state index contributed by atoms with van der Waals surface area (Å²) in [7, 11) is 2.20. The number of ether oxygens (including phenoxy) is 1. The van der Waals surface area contributed by atoms with Crippen LogP contribution >= 0.6 is 0 Å². The van der Waals surface area contributed by atoms with Crippen molar-refractivity contribution in [2.45, 2.75) is 76.6 Å². The van der Waals surface area contributed by atoms with Gasteiger partial charge in [-0.3, -0.25) is 5.32 Å². The summed E-state index contributed by atoms with van der Waals surface area (Å²) in [6, 6.07) is 3.52. The van der Waals surface area contributed by atoms with Crippen molar-refractivity contribution in [2.75, 3.05) is 20.2 Å². The van der Waals surface area contributed by atoms with Gasteiger partial charge in [0.2, 0.25) is 0 Å². The Morgan fingerprint density at radius 2 is 2.19 bits per heavy atom. The molecule has 1 N–H and O–H groups in total. The average molecular weight is 293 g/mol. The zero-order chi connectivity index (χ0) is 15.5. The van der Waals surface area contributed by atoms with E-state index in [-0.39, 0.29) is 5.54 Å². The van der Waals surface area contributed by atoms with E-state index in [1.165, 1.54) is 12.8 Å². The van der Waals surface area contributed by atoms with E-state index in [1.807, 2.05) is 0 Å². The standard InChI is InChI=1S/C17H31N3O/c1-13(2)19-17(12-18)9-5-6-15(17)7-10-20(4)16-8-11-21-14(16)3/h13-16,19H,5-11H2,1-4H3. The molecule has 2 fully saturated rings. The maximum Gasteiger partial charge on any atom is 0.109 e. The van der Waals surface area contributed by atoms with Gasteiger partial charge in [0.25, 0.3) is 0 Å². The van der Waals surface area contributed by atoms with E-state index >= 15 is 0 Å². The molecule has 0 spiro atoms. The van der Waals surface area contributed by atoms with E-state index in [4.69, 9.17) is 4.74 Å². The second-order valence-electron chi connectivity index (χ2n) is 7.17. The Balaban J connectivity index is 1.90. The summed E-state index contributed by atoms with van der Waals surface area (Å²) >= 11 is 0. The number of nitrogens with zero attached hydrogens (tertiary/aromatic N) is 2. The summed E-state index contributed by atoms with van der Waals surface area (Å²) in [6.45, 7) is 8.39. The fourth-order valence-electron chi connectivity index (χ4n) is 4.18. The molecule has 4 heteroatoms. The largest absolute Gasteiger partial charge is 0.377 e. The molecule has 0 amide bonds. The van der Waals surface area contributed by atoms with Gasteiger partial charge in [-0.15, -0.1) is 0 Å². The molecule has 2 rings (SSSR count). The van der Waals surface area contributed by atoms with E-state index in [0.29, 0.717) is 24.1 Å². The molecule has 1 aliphatic carbocycles. The number of hydrogen-bond donors (Lipinski definition) is 1. The predicted octanol–water partition coefficient (Wildman–Crippen LogP) is 2.55. The van der Waals surface area contributed by atoms with E-state index in [1.54, 1.807) is 0 Å². The second-order valence-corrected chi connectivity index (χ2v) is 7.17. The van der Waals surface area contributed by atoms with Gasteiger partial charge in [-0.2, -0.15) is 5.26 Å². The quantitative estimate of drug-likeness (QED) is 0.817. The Labute approximate surface area is 129 Å². The van der Waals surface area contributed by atoms with Gasteiger partial charge < -0.3 is 9.64 Å². The molecule has 120 valence electrons. The SMILES string of the molecule is CC(C)NC1(C#N)CCCC1CCN(C)C1CCOC1C. The first kappa shape index (κ1) is 16.7. The highest BCUT2D eigenvalue weighted by molar-refractivity contribution is 5.14. The van der Waals surface area contributed by atoms with Crippen molar-refractivity contribution < 1.29 is 4.74 Å². The van der Waals surface area contributed by atoms with Gasteiger partial charge in [0, 0.05) is 18.7 Å². The summed E-state index contributed by atoms with van der Waals surface area (Å²) in [5.74, 6) is 0.477. The van der Waals surface area contributed by atoms with Crippen molar-refractivity contribution in [3.8, 4) is 6.07 Å². The lowest BCUT2D eigenvalue weighted by atomic mass is 9.85. The zero-order valence-corrected chi connectivity index (χ0v) is 14.1. The molecule has 4 unspecified atom stereocenters. The molecule has 0 aromatic heterocycles. The van der Waals surface area contributed by atoms with Crippen LogP contribution in [0.5, 0.6) is 0 Å². The highest BCUT2D eigenvalue weighted by atomic mass is 16.5. The number of rotatable bonds is 6. The predicted molar refractivity (Wildman–Crippen MR) is 85.0 cm³/mol. The van der Waals surface area contributed by atoms with Crippen molar-refractivity contribution >= 4 is 0 Å². The molecule has 4 nitrogen and oxygen atoms in total. The molecule has 0 aromatic carbocycles. The minimum atomic E-state index is -0.299. The van der Waals surface area contributed by atoms with Crippen LogP contribution in [0.15, 0.2) is 0 Å². The van der Waals surface area contributed by atoms with Crippen molar-refractivity contribution in [2.24, 2.45) is 5.92 Å². The summed E-state index contributed by atoms with van der Waals surface area (Å²) in [6.07, 6.45) is 5.93. The molecule has 1 heterocycles. The Hall–Kier alpha value is -0.630. The molecule has 0 bridgehead atoms. The fourth-order valence-corrected chi connectivity index (χ4v) is 4.18. The van der Waals surface area contributed by atoms with Crippen LogP contribution < -0.4 is 5.32 Å². The average Bonchev–Trinajstić information content (AvgIpc) is 3.02. The van der Waals surface area contributed by atoms with Gasteiger partial charge in [-0.05, 0) is 66.0 Å². The topological polar surface area (TPSA) is 48.3 Å². The lowest BCUT2D eigenvalue weighted by Gasteiger charge is -2.34. The van der Waals surface area contributed by atoms with Crippen LogP contribution in [0, 0.1) is 17.2 Å². The minimum Gasteiger partial charge on any atom is -0.377 e. The summed E-state index contributed by atoms with van der Waals surface area (Å²) < 4.78 is 5.67. The van der Waals surface area contributed by atoms with Gasteiger partial charge in [-0.1, -0.05) is 6.42 Å². The molecule has 21 heavy (non-hydrogen) atoms. The molecule has 1 aliphatic heterocycles. The fraction of sp³-hybridized carbons (Fsp3) is 0.941. The van der Waals surface area contributed by atoms with E-state index in [2.05, 4.69) is 44.1 Å². The normalized spacial score (nSPS) is 36.5. The number of likely N-dealkylation sites (N-methyl/N-ethyl adjacent to an activating group) is 1. The monoisotopic (exact) mass is 293 g/mol. The molecule has 2 aliphatic rings. The van der Waals surface area contributed by atoms with Crippen LogP contribution in [0.2, 0.25) is 0 Å². The number of nitrogens with one attached hydrogen (secondary N) is 1. The van der Waals surface area contributed by atoms with Crippen molar-refractivity contribution in [3.63, 3.8) is 0 Å². The maximum absolute atomic E-state index is 9.71. The molecule has 0 radical (unpaired) electrons. The van der Waals surface area contributed by atoms with E-state index < -0.39 is 0 Å². The molecule has 0 aromatic rings. The Kier molecular flexibility index (Phi) is 5.65. The van der Waals surface area contributed by atoms with E-state index in [9.17, 15) is 5.26 Å². The van der Waals surface area contributed by atoms with Gasteiger partial charge in [0.1, 0.15) is 5.54 Å². The van der Waals surface area contributed by atoms with Gasteiger partial charge in [0.15, 0.2) is 0 Å². The third-order valence-electron chi connectivity index (χ3n) is 5.30. The third-order valence-corrected chi connectivity index (χ3v) is 5.30. The minimum absolute atomic E-state index is 0.299. The van der Waals surface area contributed by atoms with Crippen LogP contribution in [-0.4, -0.2) is 48.8 Å². The summed E-state index contributed by atoms with van der Waals surface area (Å²) in [5.41, 5.74) is -0.299. The van der Waals surface area contributed by atoms with Gasteiger partial charge >= 0.3 is 0 Å². The molecular weight excluding hydrogens is 262 g/mol. The highest BCUT2D eigenvalue weighted by Gasteiger charge is 2.43. The van der Waals surface area contributed by atoms with Crippen LogP contribution in [-0.2, 0) is 4.74 Å². The first-order valence-electron chi connectivity index (χ1n) is 8.49. The maximum atomic E-state index is 9.71. The van der Waals surface area contributed by atoms with Crippen LogP contribution in [0.25, 0.3) is 0 Å². The van der Waals surface area contributed by atoms with Crippen LogP contribution in [0.1, 0.15) is 52.9 Å². The van der Waals surface area contributed by atoms with Crippen molar-refractivity contribution in [3.05, 3.63) is 0 Å². The number of nitriles is 1. The smallest absolute Gasteiger partial charge is 0.109 e. The van der Waals surface area contributed by atoms with Crippen LogP contribution in [0.3, 0.4) is 0 Å². The van der Waals surface area contributed by atoms with Crippen LogP contribution in [0.4, 0.5) is 0 Å². The lowest BCUT2D eigenvalue weighted by Crippen LogP contribution is -2.51. The second kappa shape index (κ2) is 7.09. The lowest BCUT2D eigenvalue weighted by molar-refractivity contribution is 0.0805. The molecule has 4 atom stereocenters. The summed E-state index contributed by atoms with van der Waals surface area (Å²) in [5, 5.41) is 13.3.